The number of benzene rings is 2. The summed E-state index contributed by atoms with van der Waals surface area (Å²) in [5.41, 5.74) is 0.0404. The Morgan fingerprint density at radius 2 is 1.63 bits per heavy atom. The average Bonchev–Trinajstić information content (AvgIpc) is 3.52. The van der Waals surface area contributed by atoms with Crippen molar-refractivity contribution in [3.63, 3.8) is 0 Å². The number of aromatic nitrogens is 5. The van der Waals surface area contributed by atoms with Gasteiger partial charge in [0.15, 0.2) is 5.69 Å². The summed E-state index contributed by atoms with van der Waals surface area (Å²) in [6.45, 7) is 1.45. The third-order valence-corrected chi connectivity index (χ3v) is 5.03. The van der Waals surface area contributed by atoms with Crippen LogP contribution in [0.4, 0.5) is 13.2 Å². The van der Waals surface area contributed by atoms with Crippen LogP contribution in [0.3, 0.4) is 0 Å². The van der Waals surface area contributed by atoms with E-state index in [4.69, 9.17) is 14.2 Å². The summed E-state index contributed by atoms with van der Waals surface area (Å²) in [5.74, 6) is 0.0762. The fraction of sp³-hybridized carbons (Fsp3) is 0.217. The van der Waals surface area contributed by atoms with Gasteiger partial charge in [0.2, 0.25) is 0 Å². The van der Waals surface area contributed by atoms with E-state index in [2.05, 4.69) is 15.4 Å². The molecule has 2 aromatic carbocycles. The normalized spacial score (nSPS) is 11.4. The molecule has 0 spiro atoms. The smallest absolute Gasteiger partial charge is 0.434 e. The van der Waals surface area contributed by atoms with Gasteiger partial charge in [0.05, 0.1) is 44.6 Å². The second-order valence-electron chi connectivity index (χ2n) is 7.20. The van der Waals surface area contributed by atoms with Gasteiger partial charge in [-0.15, -0.1) is 5.10 Å². The topological polar surface area (TPSA) is 93.3 Å². The molecule has 0 aliphatic heterocycles. The highest BCUT2D eigenvalue weighted by Crippen LogP contribution is 2.34. The van der Waals surface area contributed by atoms with Gasteiger partial charge in [-0.3, -0.25) is 0 Å². The lowest BCUT2D eigenvalue weighted by atomic mass is 10.1. The van der Waals surface area contributed by atoms with E-state index in [1.165, 1.54) is 38.0 Å². The van der Waals surface area contributed by atoms with Crippen molar-refractivity contribution in [3.05, 3.63) is 66.1 Å². The molecule has 9 nitrogen and oxygen atoms in total. The Kier molecular flexibility index (Phi) is 6.45. The van der Waals surface area contributed by atoms with Crippen LogP contribution in [-0.4, -0.2) is 51.6 Å². The zero-order chi connectivity index (χ0) is 25.2. The molecule has 0 N–H and O–H groups in total. The SMILES string of the molecule is CCOC(=O)c1cnn(-c2ccc(-n3cc(-c4cc(OC)cc(OC)c4)nn3)cc2)c1C(F)(F)F. The van der Waals surface area contributed by atoms with E-state index in [1.54, 1.807) is 36.5 Å². The summed E-state index contributed by atoms with van der Waals surface area (Å²) in [5, 5.41) is 12.0. The quantitative estimate of drug-likeness (QED) is 0.358. The number of hydrogen-bond acceptors (Lipinski definition) is 7. The van der Waals surface area contributed by atoms with E-state index in [-0.39, 0.29) is 12.3 Å². The van der Waals surface area contributed by atoms with Crippen LogP contribution in [0, 0.1) is 0 Å². The Balaban J connectivity index is 1.65. The van der Waals surface area contributed by atoms with Crippen LogP contribution < -0.4 is 9.47 Å². The van der Waals surface area contributed by atoms with Gasteiger partial charge < -0.3 is 14.2 Å². The number of alkyl halides is 3. The first-order valence-electron chi connectivity index (χ1n) is 10.3. The number of rotatable bonds is 7. The monoisotopic (exact) mass is 487 g/mol. The highest BCUT2D eigenvalue weighted by atomic mass is 19.4. The first kappa shape index (κ1) is 23.8. The Hall–Kier alpha value is -4.35. The first-order chi connectivity index (χ1) is 16.7. The van der Waals surface area contributed by atoms with Gasteiger partial charge in [-0.1, -0.05) is 5.21 Å². The Labute approximate surface area is 197 Å². The van der Waals surface area contributed by atoms with Crippen molar-refractivity contribution in [2.75, 3.05) is 20.8 Å². The molecule has 4 aromatic rings. The molecule has 0 radical (unpaired) electrons. The zero-order valence-corrected chi connectivity index (χ0v) is 18.9. The molecular formula is C23H20F3N5O4. The van der Waals surface area contributed by atoms with Crippen LogP contribution in [0.25, 0.3) is 22.6 Å². The molecule has 0 unspecified atom stereocenters. The summed E-state index contributed by atoms with van der Waals surface area (Å²) in [6, 6.07) is 11.3. The molecular weight excluding hydrogens is 467 g/mol. The molecule has 2 heterocycles. The zero-order valence-electron chi connectivity index (χ0n) is 18.9. The third kappa shape index (κ3) is 4.81. The van der Waals surface area contributed by atoms with E-state index < -0.39 is 23.4 Å². The molecule has 0 atom stereocenters. The highest BCUT2D eigenvalue weighted by Gasteiger charge is 2.41. The number of nitrogens with zero attached hydrogens (tertiary/aromatic N) is 5. The average molecular weight is 487 g/mol. The fourth-order valence-corrected chi connectivity index (χ4v) is 3.40. The largest absolute Gasteiger partial charge is 0.497 e. The highest BCUT2D eigenvalue weighted by molar-refractivity contribution is 5.90. The summed E-state index contributed by atoms with van der Waals surface area (Å²) in [7, 11) is 3.08. The van der Waals surface area contributed by atoms with Crippen molar-refractivity contribution in [2.24, 2.45) is 0 Å². The molecule has 0 saturated heterocycles. The van der Waals surface area contributed by atoms with Gasteiger partial charge in [-0.25, -0.2) is 14.2 Å². The second kappa shape index (κ2) is 9.49. The van der Waals surface area contributed by atoms with Crippen molar-refractivity contribution >= 4 is 5.97 Å². The molecule has 0 bridgehead atoms. The number of carbonyl (C=O) groups is 1. The van der Waals surface area contributed by atoms with Gasteiger partial charge >= 0.3 is 12.1 Å². The molecule has 0 aliphatic carbocycles. The number of ether oxygens (including phenoxy) is 3. The van der Waals surface area contributed by atoms with Gasteiger partial charge in [-0.2, -0.15) is 18.3 Å². The summed E-state index contributed by atoms with van der Waals surface area (Å²) >= 11 is 0. The van der Waals surface area contributed by atoms with Crippen LogP contribution in [0.2, 0.25) is 0 Å². The molecule has 4 rings (SSSR count). The predicted octanol–water partition coefficient (Wildman–Crippen LogP) is 4.33. The lowest BCUT2D eigenvalue weighted by Gasteiger charge is -2.12. The molecule has 12 heteroatoms. The van der Waals surface area contributed by atoms with E-state index >= 15 is 0 Å². The van der Waals surface area contributed by atoms with Crippen molar-refractivity contribution in [3.8, 4) is 34.1 Å². The van der Waals surface area contributed by atoms with Crippen molar-refractivity contribution in [2.45, 2.75) is 13.1 Å². The summed E-state index contributed by atoms with van der Waals surface area (Å²) < 4.78 is 58.6. The standard InChI is InChI=1S/C23H20F3N5O4/c1-4-35-22(32)19-12-27-31(21(19)23(24,25)26)16-7-5-15(6-8-16)30-13-20(28-29-30)14-9-17(33-2)11-18(10-14)34-3/h5-13H,4H2,1-3H3. The Morgan fingerprint density at radius 3 is 2.20 bits per heavy atom. The molecule has 35 heavy (non-hydrogen) atoms. The maximum Gasteiger partial charge on any atom is 0.434 e. The molecule has 0 fully saturated rings. The molecule has 182 valence electrons. The van der Waals surface area contributed by atoms with Gasteiger partial charge in [-0.05, 0) is 43.3 Å². The molecule has 0 amide bonds. The minimum Gasteiger partial charge on any atom is -0.497 e. The van der Waals surface area contributed by atoms with Crippen LogP contribution in [0.5, 0.6) is 11.5 Å². The van der Waals surface area contributed by atoms with Crippen LogP contribution in [0.15, 0.2) is 54.9 Å². The maximum absolute atomic E-state index is 13.7. The first-order valence-corrected chi connectivity index (χ1v) is 10.3. The van der Waals surface area contributed by atoms with E-state index in [1.807, 2.05) is 0 Å². The fourth-order valence-electron chi connectivity index (χ4n) is 3.40. The lowest BCUT2D eigenvalue weighted by Crippen LogP contribution is -2.18. The minimum absolute atomic E-state index is 0.0571. The molecule has 2 aromatic heterocycles. The molecule has 0 aliphatic rings. The van der Waals surface area contributed by atoms with Crippen LogP contribution in [-0.2, 0) is 10.9 Å². The predicted molar refractivity (Wildman–Crippen MR) is 118 cm³/mol. The number of halogens is 3. The Morgan fingerprint density at radius 1 is 1.00 bits per heavy atom. The van der Waals surface area contributed by atoms with E-state index in [0.29, 0.717) is 33.1 Å². The van der Waals surface area contributed by atoms with E-state index in [0.717, 1.165) is 6.20 Å². The lowest BCUT2D eigenvalue weighted by molar-refractivity contribution is -0.143. The summed E-state index contributed by atoms with van der Waals surface area (Å²) in [4.78, 5) is 12.0. The second-order valence-corrected chi connectivity index (χ2v) is 7.20. The number of hydrogen-bond donors (Lipinski definition) is 0. The van der Waals surface area contributed by atoms with Gasteiger partial charge in [0.1, 0.15) is 22.8 Å². The number of esters is 1. The number of carbonyl (C=O) groups excluding carboxylic acids is 1. The van der Waals surface area contributed by atoms with Crippen molar-refractivity contribution in [1.29, 1.82) is 0 Å². The third-order valence-electron chi connectivity index (χ3n) is 5.03. The van der Waals surface area contributed by atoms with Gasteiger partial charge in [0.25, 0.3) is 0 Å². The Bertz CT molecular complexity index is 1320. The van der Waals surface area contributed by atoms with Gasteiger partial charge in [0, 0.05) is 11.6 Å². The minimum atomic E-state index is -4.82. The molecule has 0 saturated carbocycles. The van der Waals surface area contributed by atoms with Crippen LogP contribution in [0.1, 0.15) is 23.0 Å². The maximum atomic E-state index is 13.7. The van der Waals surface area contributed by atoms with E-state index in [9.17, 15) is 18.0 Å². The van der Waals surface area contributed by atoms with Crippen molar-refractivity contribution in [1.82, 2.24) is 24.8 Å². The van der Waals surface area contributed by atoms with Crippen LogP contribution >= 0.6 is 0 Å². The summed E-state index contributed by atoms with van der Waals surface area (Å²) in [6.07, 6.45) is -2.31. The number of methoxy groups -OCH3 is 2. The van der Waals surface area contributed by atoms with Crippen molar-refractivity contribution < 1.29 is 32.2 Å².